The molecular weight excluding hydrogens is 368 g/mol. The molecule has 0 bridgehead atoms. The van der Waals surface area contributed by atoms with Crippen LogP contribution in [0.4, 0.5) is 0 Å². The van der Waals surface area contributed by atoms with Gasteiger partial charge in [-0.05, 0) is 50.3 Å². The quantitative estimate of drug-likeness (QED) is 0.809. The van der Waals surface area contributed by atoms with Gasteiger partial charge in [0, 0.05) is 31.0 Å². The molecule has 1 aromatic rings. The van der Waals surface area contributed by atoms with Crippen LogP contribution in [0.2, 0.25) is 0 Å². The van der Waals surface area contributed by atoms with E-state index in [1.807, 2.05) is 6.07 Å². The number of nitrogens with zero attached hydrogens (tertiary/aromatic N) is 1. The average molecular weight is 402 g/mol. The van der Waals surface area contributed by atoms with Gasteiger partial charge in [-0.2, -0.15) is 0 Å². The molecule has 2 N–H and O–H groups in total. The van der Waals surface area contributed by atoms with E-state index in [1.165, 1.54) is 16.9 Å². The summed E-state index contributed by atoms with van der Waals surface area (Å²) in [6.07, 6.45) is 8.42. The van der Waals surface area contributed by atoms with E-state index < -0.39 is 5.60 Å². The normalized spacial score (nSPS) is 34.0. The molecule has 3 fully saturated rings. The van der Waals surface area contributed by atoms with Crippen molar-refractivity contribution in [2.45, 2.75) is 63.0 Å². The minimum absolute atomic E-state index is 0.122. The lowest BCUT2D eigenvalue weighted by Gasteiger charge is -2.50. The predicted molar refractivity (Wildman–Crippen MR) is 108 cm³/mol. The minimum atomic E-state index is -0.600. The summed E-state index contributed by atoms with van der Waals surface area (Å²) in [6.45, 7) is 3.42. The Balaban J connectivity index is 1.43. The number of carbonyl (C=O) groups excluding carboxylic acids is 1. The number of hydrogen-bond donors (Lipinski definition) is 2. The average Bonchev–Trinajstić information content (AvgIpc) is 3.22. The fourth-order valence-corrected chi connectivity index (χ4v) is 6.08. The molecule has 1 unspecified atom stereocenters. The van der Waals surface area contributed by atoms with Gasteiger partial charge in [0.05, 0.1) is 12.1 Å². The number of rotatable bonds is 3. The van der Waals surface area contributed by atoms with Gasteiger partial charge in [-0.25, -0.2) is 0 Å². The lowest BCUT2D eigenvalue weighted by molar-refractivity contribution is -0.938. The first-order valence-corrected chi connectivity index (χ1v) is 11.4. The van der Waals surface area contributed by atoms with E-state index in [2.05, 4.69) is 17.0 Å². The third-order valence-electron chi connectivity index (χ3n) is 7.63. The van der Waals surface area contributed by atoms with Crippen molar-refractivity contribution in [1.82, 2.24) is 4.90 Å². The number of benzene rings is 1. The number of nitrogens with one attached hydrogen (secondary N) is 1. The molecule has 2 saturated heterocycles. The Labute approximate surface area is 172 Å². The van der Waals surface area contributed by atoms with Crippen molar-refractivity contribution in [2.24, 2.45) is 5.92 Å². The molecular formula is C23H33N2O4+. The number of likely N-dealkylation sites (tertiary alicyclic amines) is 2. The maximum atomic E-state index is 13.1. The summed E-state index contributed by atoms with van der Waals surface area (Å²) < 4.78 is 11.1. The van der Waals surface area contributed by atoms with Crippen LogP contribution < -0.4 is 14.4 Å². The first-order chi connectivity index (χ1) is 14.1. The van der Waals surface area contributed by atoms with E-state index in [0.717, 1.165) is 76.1 Å². The van der Waals surface area contributed by atoms with E-state index >= 15 is 0 Å². The van der Waals surface area contributed by atoms with E-state index in [1.54, 1.807) is 0 Å². The Bertz CT molecular complexity index is 763. The largest absolute Gasteiger partial charge is 0.454 e. The topological polar surface area (TPSA) is 63.4 Å². The van der Waals surface area contributed by atoms with Gasteiger partial charge in [-0.3, -0.25) is 4.79 Å². The van der Waals surface area contributed by atoms with Gasteiger partial charge in [-0.15, -0.1) is 0 Å². The van der Waals surface area contributed by atoms with Crippen LogP contribution in [0.15, 0.2) is 18.2 Å². The molecule has 6 heteroatoms. The van der Waals surface area contributed by atoms with Gasteiger partial charge in [-0.1, -0.05) is 12.8 Å². The zero-order valence-corrected chi connectivity index (χ0v) is 17.2. The standard InChI is InChI=1S/C23H32N2O4/c26-21(24-11-4-1-5-12-24)15-25-13-10-23(27)9-3-2-6-18(23)22(25)17-7-8-19-20(14-17)29-16-28-19/h7-8,14,18,22,27H,1-6,9-13,15-16H2/p+1/t18-,22-,23-/m1/s1. The Morgan fingerprint density at radius 1 is 1.10 bits per heavy atom. The maximum Gasteiger partial charge on any atom is 0.277 e. The molecule has 29 heavy (non-hydrogen) atoms. The van der Waals surface area contributed by atoms with Crippen LogP contribution in [0, 0.1) is 5.92 Å². The fourth-order valence-electron chi connectivity index (χ4n) is 6.08. The molecule has 1 aliphatic carbocycles. The molecule has 5 rings (SSSR count). The highest BCUT2D eigenvalue weighted by Gasteiger charge is 2.52. The Hall–Kier alpha value is -1.79. The number of quaternary nitrogens is 1. The van der Waals surface area contributed by atoms with E-state index in [-0.39, 0.29) is 24.7 Å². The second kappa shape index (κ2) is 7.80. The summed E-state index contributed by atoms with van der Waals surface area (Å²) in [5.41, 5.74) is 0.567. The van der Waals surface area contributed by atoms with E-state index in [9.17, 15) is 9.90 Å². The molecule has 4 atom stereocenters. The smallest absolute Gasteiger partial charge is 0.277 e. The summed E-state index contributed by atoms with van der Waals surface area (Å²) in [5.74, 6) is 2.03. The molecule has 6 nitrogen and oxygen atoms in total. The lowest BCUT2D eigenvalue weighted by Crippen LogP contribution is -3.16. The molecule has 0 radical (unpaired) electrons. The highest BCUT2D eigenvalue weighted by Crippen LogP contribution is 2.45. The Morgan fingerprint density at radius 3 is 2.79 bits per heavy atom. The summed E-state index contributed by atoms with van der Waals surface area (Å²) in [7, 11) is 0. The summed E-state index contributed by atoms with van der Waals surface area (Å²) in [6, 6.07) is 6.30. The van der Waals surface area contributed by atoms with Gasteiger partial charge in [0.25, 0.3) is 5.91 Å². The van der Waals surface area contributed by atoms with Gasteiger partial charge < -0.3 is 24.4 Å². The zero-order chi connectivity index (χ0) is 19.8. The number of piperidine rings is 2. The van der Waals surface area contributed by atoms with Crippen LogP contribution in [0.3, 0.4) is 0 Å². The molecule has 0 spiro atoms. The number of hydrogen-bond acceptors (Lipinski definition) is 4. The lowest BCUT2D eigenvalue weighted by atomic mass is 9.66. The van der Waals surface area contributed by atoms with Crippen molar-refractivity contribution in [2.75, 3.05) is 33.0 Å². The number of fused-ring (bicyclic) bond motifs is 2. The van der Waals surface area contributed by atoms with Crippen LogP contribution in [-0.2, 0) is 4.79 Å². The van der Waals surface area contributed by atoms with Crippen LogP contribution in [0.25, 0.3) is 0 Å². The molecule has 158 valence electrons. The predicted octanol–water partition coefficient (Wildman–Crippen LogP) is 1.68. The molecule has 3 heterocycles. The van der Waals surface area contributed by atoms with Crippen molar-refractivity contribution >= 4 is 5.91 Å². The highest BCUT2D eigenvalue weighted by atomic mass is 16.7. The first-order valence-electron chi connectivity index (χ1n) is 11.4. The van der Waals surface area contributed by atoms with E-state index in [0.29, 0.717) is 6.54 Å². The van der Waals surface area contributed by atoms with Crippen molar-refractivity contribution in [3.05, 3.63) is 23.8 Å². The number of aliphatic hydroxyl groups is 1. The van der Waals surface area contributed by atoms with Gasteiger partial charge in [0.2, 0.25) is 6.79 Å². The second-order valence-corrected chi connectivity index (χ2v) is 9.32. The van der Waals surface area contributed by atoms with Crippen LogP contribution >= 0.6 is 0 Å². The van der Waals surface area contributed by atoms with Crippen LogP contribution in [0.1, 0.15) is 63.0 Å². The molecule has 3 aliphatic heterocycles. The summed E-state index contributed by atoms with van der Waals surface area (Å²) in [5, 5.41) is 11.5. The zero-order valence-electron chi connectivity index (χ0n) is 17.2. The fraction of sp³-hybridized carbons (Fsp3) is 0.696. The third kappa shape index (κ3) is 3.61. The molecule has 0 aromatic heterocycles. The van der Waals surface area contributed by atoms with Crippen LogP contribution in [0.5, 0.6) is 11.5 Å². The van der Waals surface area contributed by atoms with Crippen molar-refractivity contribution < 1.29 is 24.3 Å². The monoisotopic (exact) mass is 401 g/mol. The van der Waals surface area contributed by atoms with Gasteiger partial charge in [0.15, 0.2) is 18.0 Å². The molecule has 4 aliphatic rings. The van der Waals surface area contributed by atoms with Crippen molar-refractivity contribution in [3.8, 4) is 11.5 Å². The molecule has 1 amide bonds. The summed E-state index contributed by atoms with van der Waals surface area (Å²) >= 11 is 0. The Kier molecular flexibility index (Phi) is 5.16. The number of carbonyl (C=O) groups is 1. The SMILES string of the molecule is O=C(C[NH+]1CC[C@]2(O)CCCC[C@@H]2[C@H]1c1ccc2c(c1)OCO2)N1CCCCC1. The summed E-state index contributed by atoms with van der Waals surface area (Å²) in [4.78, 5) is 16.4. The molecule has 1 aromatic carbocycles. The number of amides is 1. The van der Waals surface area contributed by atoms with E-state index in [4.69, 9.17) is 9.47 Å². The number of ether oxygens (including phenoxy) is 2. The van der Waals surface area contributed by atoms with Crippen LogP contribution in [-0.4, -0.2) is 54.5 Å². The third-order valence-corrected chi connectivity index (χ3v) is 7.63. The maximum absolute atomic E-state index is 13.1. The van der Waals surface area contributed by atoms with Crippen molar-refractivity contribution in [1.29, 1.82) is 0 Å². The molecule has 1 saturated carbocycles. The first kappa shape index (κ1) is 19.2. The van der Waals surface area contributed by atoms with Gasteiger partial charge >= 0.3 is 0 Å². The minimum Gasteiger partial charge on any atom is -0.454 e. The second-order valence-electron chi connectivity index (χ2n) is 9.32. The highest BCUT2D eigenvalue weighted by molar-refractivity contribution is 5.77. The van der Waals surface area contributed by atoms with Crippen molar-refractivity contribution in [3.63, 3.8) is 0 Å². The Morgan fingerprint density at radius 2 is 1.93 bits per heavy atom. The van der Waals surface area contributed by atoms with Gasteiger partial charge in [0.1, 0.15) is 6.04 Å².